The Hall–Kier alpha value is -1.81. The summed E-state index contributed by atoms with van der Waals surface area (Å²) >= 11 is 0. The lowest BCUT2D eigenvalue weighted by molar-refractivity contribution is 0.503. The monoisotopic (exact) mass is 259 g/mol. The highest BCUT2D eigenvalue weighted by molar-refractivity contribution is 5.53. The molecule has 0 spiro atoms. The average molecular weight is 259 g/mol. The Labute approximate surface area is 114 Å². The van der Waals surface area contributed by atoms with Gasteiger partial charge in [-0.15, -0.1) is 0 Å². The number of furan rings is 1. The fourth-order valence-electron chi connectivity index (χ4n) is 2.15. The molecule has 0 saturated heterocycles. The average Bonchev–Trinajstić information content (AvgIpc) is 2.91. The van der Waals surface area contributed by atoms with Crippen LogP contribution in [0.5, 0.6) is 0 Å². The number of aromatic nitrogens is 1. The molecule has 0 bridgehead atoms. The molecule has 0 atom stereocenters. The van der Waals surface area contributed by atoms with E-state index in [1.807, 2.05) is 32.3 Å². The second kappa shape index (κ2) is 6.38. The third-order valence-corrected chi connectivity index (χ3v) is 3.12. The molecule has 2 rings (SSSR count). The van der Waals surface area contributed by atoms with Crippen molar-refractivity contribution in [2.45, 2.75) is 26.9 Å². The maximum absolute atomic E-state index is 5.44. The highest BCUT2D eigenvalue weighted by Crippen LogP contribution is 2.23. The molecule has 0 aliphatic heterocycles. The second-order valence-electron chi connectivity index (χ2n) is 4.58. The molecule has 1 N–H and O–H groups in total. The summed E-state index contributed by atoms with van der Waals surface area (Å²) in [6.07, 6.45) is 3.67. The van der Waals surface area contributed by atoms with Crippen molar-refractivity contribution in [1.29, 1.82) is 0 Å². The van der Waals surface area contributed by atoms with Crippen LogP contribution in [0.1, 0.15) is 23.9 Å². The molecular weight excluding hydrogens is 238 g/mol. The standard InChI is InChI=1S/C15H21N3O/c1-4-18(11-14-6-5-7-19-14)15-8-12(2)17-10-13(15)9-16-3/h5-8,10,16H,4,9,11H2,1-3H3. The molecule has 0 amide bonds. The molecule has 0 radical (unpaired) electrons. The number of aryl methyl sites for hydroxylation is 1. The minimum absolute atomic E-state index is 0.781. The molecule has 4 nitrogen and oxygen atoms in total. The van der Waals surface area contributed by atoms with E-state index in [9.17, 15) is 0 Å². The summed E-state index contributed by atoms with van der Waals surface area (Å²) in [5.41, 5.74) is 3.47. The first-order chi connectivity index (χ1) is 9.24. The zero-order valence-electron chi connectivity index (χ0n) is 11.8. The van der Waals surface area contributed by atoms with E-state index in [0.717, 1.165) is 31.1 Å². The molecule has 2 heterocycles. The predicted octanol–water partition coefficient (Wildman–Crippen LogP) is 2.73. The number of nitrogens with one attached hydrogen (secondary N) is 1. The molecule has 0 aliphatic carbocycles. The zero-order chi connectivity index (χ0) is 13.7. The molecule has 2 aromatic heterocycles. The van der Waals surface area contributed by atoms with E-state index in [0.29, 0.717) is 0 Å². The van der Waals surface area contributed by atoms with Crippen molar-refractivity contribution in [2.75, 3.05) is 18.5 Å². The summed E-state index contributed by atoms with van der Waals surface area (Å²) in [6, 6.07) is 6.07. The fourth-order valence-corrected chi connectivity index (χ4v) is 2.15. The van der Waals surface area contributed by atoms with Crippen molar-refractivity contribution in [2.24, 2.45) is 0 Å². The Kier molecular flexibility index (Phi) is 4.58. The quantitative estimate of drug-likeness (QED) is 0.866. The van der Waals surface area contributed by atoms with E-state index in [4.69, 9.17) is 4.42 Å². The third kappa shape index (κ3) is 3.35. The summed E-state index contributed by atoms with van der Waals surface area (Å²) in [5.74, 6) is 0.978. The van der Waals surface area contributed by atoms with Gasteiger partial charge in [-0.25, -0.2) is 0 Å². The molecule has 0 unspecified atom stereocenters. The van der Waals surface area contributed by atoms with Gasteiger partial charge >= 0.3 is 0 Å². The summed E-state index contributed by atoms with van der Waals surface area (Å²) in [6.45, 7) is 6.71. The zero-order valence-corrected chi connectivity index (χ0v) is 11.8. The molecule has 102 valence electrons. The first-order valence-corrected chi connectivity index (χ1v) is 6.62. The number of hydrogen-bond acceptors (Lipinski definition) is 4. The number of nitrogens with zero attached hydrogens (tertiary/aromatic N) is 2. The van der Waals surface area contributed by atoms with Gasteiger partial charge in [-0.2, -0.15) is 0 Å². The Balaban J connectivity index is 2.28. The first kappa shape index (κ1) is 13.6. The van der Waals surface area contributed by atoms with Gasteiger partial charge in [-0.1, -0.05) is 0 Å². The Bertz CT molecular complexity index is 508. The van der Waals surface area contributed by atoms with Gasteiger partial charge in [0.15, 0.2) is 0 Å². The molecular formula is C15H21N3O. The number of pyridine rings is 1. The van der Waals surface area contributed by atoms with Crippen LogP contribution in [-0.2, 0) is 13.1 Å². The van der Waals surface area contributed by atoms with Crippen molar-refractivity contribution >= 4 is 5.69 Å². The van der Waals surface area contributed by atoms with E-state index in [1.54, 1.807) is 6.26 Å². The fraction of sp³-hybridized carbons (Fsp3) is 0.400. The van der Waals surface area contributed by atoms with Crippen molar-refractivity contribution in [3.63, 3.8) is 0 Å². The van der Waals surface area contributed by atoms with E-state index in [-0.39, 0.29) is 0 Å². The highest BCUT2D eigenvalue weighted by Gasteiger charge is 2.12. The Morgan fingerprint density at radius 3 is 2.89 bits per heavy atom. The maximum Gasteiger partial charge on any atom is 0.123 e. The summed E-state index contributed by atoms with van der Waals surface area (Å²) in [5, 5.41) is 3.19. The SMILES string of the molecule is CCN(Cc1ccco1)c1cc(C)ncc1CNC. The van der Waals surface area contributed by atoms with Crippen LogP contribution in [0, 0.1) is 6.92 Å². The van der Waals surface area contributed by atoms with E-state index in [2.05, 4.69) is 28.2 Å². The maximum atomic E-state index is 5.44. The van der Waals surface area contributed by atoms with Crippen LogP contribution in [0.3, 0.4) is 0 Å². The van der Waals surface area contributed by atoms with Crippen LogP contribution in [0.2, 0.25) is 0 Å². The van der Waals surface area contributed by atoms with Gasteiger partial charge in [0, 0.05) is 36.2 Å². The van der Waals surface area contributed by atoms with Gasteiger partial charge < -0.3 is 14.6 Å². The molecule has 2 aromatic rings. The summed E-state index contributed by atoms with van der Waals surface area (Å²) < 4.78 is 5.44. The van der Waals surface area contributed by atoms with Crippen LogP contribution in [0.4, 0.5) is 5.69 Å². The van der Waals surface area contributed by atoms with E-state index in [1.165, 1.54) is 11.3 Å². The predicted molar refractivity (Wildman–Crippen MR) is 77.2 cm³/mol. The molecule has 0 aliphatic rings. The molecule has 0 aromatic carbocycles. The summed E-state index contributed by atoms with van der Waals surface area (Å²) in [7, 11) is 1.95. The Morgan fingerprint density at radius 2 is 2.26 bits per heavy atom. The van der Waals surface area contributed by atoms with Crippen LogP contribution in [0.25, 0.3) is 0 Å². The van der Waals surface area contributed by atoms with Gasteiger partial charge in [0.05, 0.1) is 12.8 Å². The van der Waals surface area contributed by atoms with Gasteiger partial charge in [0.1, 0.15) is 5.76 Å². The van der Waals surface area contributed by atoms with E-state index < -0.39 is 0 Å². The lowest BCUT2D eigenvalue weighted by Crippen LogP contribution is -2.24. The van der Waals surface area contributed by atoms with Crippen molar-refractivity contribution in [3.8, 4) is 0 Å². The molecule has 4 heteroatoms. The van der Waals surface area contributed by atoms with Crippen LogP contribution >= 0.6 is 0 Å². The van der Waals surface area contributed by atoms with Crippen LogP contribution < -0.4 is 10.2 Å². The highest BCUT2D eigenvalue weighted by atomic mass is 16.3. The minimum Gasteiger partial charge on any atom is -0.467 e. The number of rotatable bonds is 6. The Morgan fingerprint density at radius 1 is 1.42 bits per heavy atom. The minimum atomic E-state index is 0.781. The number of hydrogen-bond donors (Lipinski definition) is 1. The molecule has 0 saturated carbocycles. The molecule has 0 fully saturated rings. The van der Waals surface area contributed by atoms with Gasteiger partial charge in [0.2, 0.25) is 0 Å². The van der Waals surface area contributed by atoms with Gasteiger partial charge in [0.25, 0.3) is 0 Å². The largest absolute Gasteiger partial charge is 0.467 e. The third-order valence-electron chi connectivity index (χ3n) is 3.12. The van der Waals surface area contributed by atoms with Crippen molar-refractivity contribution < 1.29 is 4.42 Å². The topological polar surface area (TPSA) is 41.3 Å². The van der Waals surface area contributed by atoms with Crippen molar-refractivity contribution in [1.82, 2.24) is 10.3 Å². The lowest BCUT2D eigenvalue weighted by atomic mass is 10.1. The second-order valence-corrected chi connectivity index (χ2v) is 4.58. The van der Waals surface area contributed by atoms with Gasteiger partial charge in [-0.3, -0.25) is 4.98 Å². The van der Waals surface area contributed by atoms with Crippen LogP contribution in [-0.4, -0.2) is 18.6 Å². The normalized spacial score (nSPS) is 10.7. The van der Waals surface area contributed by atoms with E-state index >= 15 is 0 Å². The lowest BCUT2D eigenvalue weighted by Gasteiger charge is -2.25. The van der Waals surface area contributed by atoms with Crippen LogP contribution in [0.15, 0.2) is 35.1 Å². The van der Waals surface area contributed by atoms with Gasteiger partial charge in [-0.05, 0) is 39.1 Å². The summed E-state index contributed by atoms with van der Waals surface area (Å²) in [4.78, 5) is 6.69. The number of anilines is 1. The first-order valence-electron chi connectivity index (χ1n) is 6.62. The smallest absolute Gasteiger partial charge is 0.123 e. The molecule has 19 heavy (non-hydrogen) atoms. The van der Waals surface area contributed by atoms with Crippen molar-refractivity contribution in [3.05, 3.63) is 47.7 Å².